The van der Waals surface area contributed by atoms with Gasteiger partial charge < -0.3 is 14.8 Å². The number of ether oxygens (including phenoxy) is 2. The molecule has 0 spiro atoms. The summed E-state index contributed by atoms with van der Waals surface area (Å²) in [5.74, 6) is -1.88. The smallest absolute Gasteiger partial charge is 0.337 e. The Morgan fingerprint density at radius 2 is 1.48 bits per heavy atom. The van der Waals surface area contributed by atoms with E-state index in [4.69, 9.17) is 0 Å². The maximum absolute atomic E-state index is 12.3. The first kappa shape index (κ1) is 23.8. The number of benzene rings is 2. The molecule has 0 fully saturated rings. The van der Waals surface area contributed by atoms with Crippen molar-refractivity contribution in [2.24, 2.45) is 0 Å². The van der Waals surface area contributed by atoms with E-state index in [1.807, 2.05) is 0 Å². The first-order valence-corrected chi connectivity index (χ1v) is 10.6. The summed E-state index contributed by atoms with van der Waals surface area (Å²) in [4.78, 5) is 36.0. The Kier molecular flexibility index (Phi) is 8.06. The molecule has 0 saturated heterocycles. The van der Waals surface area contributed by atoms with Crippen molar-refractivity contribution in [2.75, 3.05) is 26.1 Å². The molecule has 0 heterocycles. The molecule has 0 aliphatic rings. The molecule has 0 atom stereocenters. The average molecular weight is 446 g/mol. The van der Waals surface area contributed by atoms with Crippen LogP contribution in [-0.2, 0) is 24.3 Å². The van der Waals surface area contributed by atoms with Crippen molar-refractivity contribution < 1.29 is 32.3 Å². The third kappa shape index (κ3) is 6.49. The molecule has 0 aromatic heterocycles. The Hall–Kier alpha value is -3.50. The van der Waals surface area contributed by atoms with E-state index < -0.39 is 27.9 Å². The van der Waals surface area contributed by atoms with Crippen molar-refractivity contribution in [3.63, 3.8) is 0 Å². The van der Waals surface area contributed by atoms with Gasteiger partial charge in [0, 0.05) is 18.3 Å². The molecule has 10 heteroatoms. The number of hydrogen-bond donors (Lipinski definition) is 2. The minimum absolute atomic E-state index is 0.0715. The second-order valence-electron chi connectivity index (χ2n) is 6.18. The third-order valence-electron chi connectivity index (χ3n) is 3.99. The highest BCUT2D eigenvalue weighted by atomic mass is 32.2. The van der Waals surface area contributed by atoms with E-state index in [0.29, 0.717) is 5.56 Å². The van der Waals surface area contributed by atoms with Gasteiger partial charge in [-0.2, -0.15) is 0 Å². The summed E-state index contributed by atoms with van der Waals surface area (Å²) in [6.07, 6.45) is 2.72. The number of carbonyl (C=O) groups excluding carboxylic acids is 3. The van der Waals surface area contributed by atoms with E-state index in [2.05, 4.69) is 19.5 Å². The van der Waals surface area contributed by atoms with Gasteiger partial charge in [-0.15, -0.1) is 0 Å². The van der Waals surface area contributed by atoms with Gasteiger partial charge in [0.1, 0.15) is 0 Å². The molecule has 31 heavy (non-hydrogen) atoms. The first-order chi connectivity index (χ1) is 14.7. The van der Waals surface area contributed by atoms with Crippen LogP contribution in [0.3, 0.4) is 0 Å². The van der Waals surface area contributed by atoms with Crippen LogP contribution in [0.1, 0.15) is 33.2 Å². The largest absolute Gasteiger partial charge is 0.465 e. The van der Waals surface area contributed by atoms with Crippen molar-refractivity contribution in [1.82, 2.24) is 4.72 Å². The number of esters is 2. The number of methoxy groups -OCH3 is 2. The van der Waals surface area contributed by atoms with Gasteiger partial charge >= 0.3 is 11.9 Å². The highest BCUT2D eigenvalue weighted by Crippen LogP contribution is 2.17. The molecular formula is C21H22N2O7S. The lowest BCUT2D eigenvalue weighted by atomic mass is 10.1. The maximum atomic E-state index is 12.3. The van der Waals surface area contributed by atoms with Crippen LogP contribution < -0.4 is 10.0 Å². The minimum Gasteiger partial charge on any atom is -0.465 e. The van der Waals surface area contributed by atoms with Gasteiger partial charge in [0.15, 0.2) is 0 Å². The zero-order valence-corrected chi connectivity index (χ0v) is 18.0. The topological polar surface area (TPSA) is 128 Å². The Balaban J connectivity index is 2.17. The Morgan fingerprint density at radius 1 is 0.935 bits per heavy atom. The summed E-state index contributed by atoms with van der Waals surface area (Å²) in [6, 6.07) is 10.00. The number of hydrogen-bond acceptors (Lipinski definition) is 7. The highest BCUT2D eigenvalue weighted by molar-refractivity contribution is 7.89. The molecule has 0 saturated carbocycles. The molecule has 1 amide bonds. The van der Waals surface area contributed by atoms with Crippen molar-refractivity contribution in [3.05, 3.63) is 65.2 Å². The third-order valence-corrected chi connectivity index (χ3v) is 5.56. The Bertz CT molecular complexity index is 1070. The monoisotopic (exact) mass is 446 g/mol. The Morgan fingerprint density at radius 3 is 1.97 bits per heavy atom. The van der Waals surface area contributed by atoms with Gasteiger partial charge in [-0.1, -0.05) is 19.1 Å². The highest BCUT2D eigenvalue weighted by Gasteiger charge is 2.15. The van der Waals surface area contributed by atoms with Crippen LogP contribution in [0.25, 0.3) is 6.08 Å². The van der Waals surface area contributed by atoms with Crippen molar-refractivity contribution in [2.45, 2.75) is 11.8 Å². The molecule has 2 rings (SSSR count). The van der Waals surface area contributed by atoms with Gasteiger partial charge in [0.05, 0.1) is 30.2 Å². The number of amides is 1. The summed E-state index contributed by atoms with van der Waals surface area (Å²) in [6.45, 7) is 1.96. The number of anilines is 1. The average Bonchev–Trinajstić information content (AvgIpc) is 2.76. The molecule has 164 valence electrons. The predicted octanol–water partition coefficient (Wildman–Crippen LogP) is 2.21. The zero-order valence-electron chi connectivity index (χ0n) is 17.2. The second-order valence-corrected chi connectivity index (χ2v) is 7.94. The summed E-state index contributed by atoms with van der Waals surface area (Å²) in [5.41, 5.74) is 0.943. The fourth-order valence-corrected chi connectivity index (χ4v) is 3.60. The van der Waals surface area contributed by atoms with E-state index in [-0.39, 0.29) is 28.3 Å². The number of sulfonamides is 1. The van der Waals surface area contributed by atoms with Gasteiger partial charge in [-0.05, 0) is 42.0 Å². The van der Waals surface area contributed by atoms with E-state index in [1.165, 1.54) is 56.7 Å². The first-order valence-electron chi connectivity index (χ1n) is 9.10. The normalized spacial score (nSPS) is 11.2. The van der Waals surface area contributed by atoms with E-state index in [1.54, 1.807) is 19.1 Å². The van der Waals surface area contributed by atoms with Crippen LogP contribution in [0.15, 0.2) is 53.4 Å². The molecule has 0 unspecified atom stereocenters. The quantitative estimate of drug-likeness (QED) is 0.470. The number of carbonyl (C=O) groups is 3. The Labute approximate surface area is 180 Å². The molecule has 0 radical (unpaired) electrons. The molecule has 2 aromatic carbocycles. The summed E-state index contributed by atoms with van der Waals surface area (Å²) in [5, 5.41) is 2.56. The molecule has 9 nitrogen and oxygen atoms in total. The van der Waals surface area contributed by atoms with Gasteiger partial charge in [0.2, 0.25) is 15.9 Å². The van der Waals surface area contributed by atoms with Crippen molar-refractivity contribution in [3.8, 4) is 0 Å². The fourth-order valence-electron chi connectivity index (χ4n) is 2.56. The molecule has 0 bridgehead atoms. The predicted molar refractivity (Wildman–Crippen MR) is 114 cm³/mol. The van der Waals surface area contributed by atoms with E-state index in [0.717, 1.165) is 0 Å². The van der Waals surface area contributed by atoms with Crippen LogP contribution in [0.4, 0.5) is 5.69 Å². The SMILES string of the molecule is CCNS(=O)(=O)c1ccc(/C=C/C(=O)Nc2cc(C(=O)OC)cc(C(=O)OC)c2)cc1. The minimum atomic E-state index is -3.55. The summed E-state index contributed by atoms with van der Waals surface area (Å²) < 4.78 is 35.6. The number of nitrogens with one attached hydrogen (secondary N) is 2. The lowest BCUT2D eigenvalue weighted by Crippen LogP contribution is -2.22. The molecule has 0 aliphatic carbocycles. The lowest BCUT2D eigenvalue weighted by molar-refractivity contribution is -0.111. The summed E-state index contributed by atoms with van der Waals surface area (Å²) >= 11 is 0. The van der Waals surface area contributed by atoms with Gasteiger partial charge in [0.25, 0.3) is 0 Å². The van der Waals surface area contributed by atoms with Gasteiger partial charge in [-0.25, -0.2) is 22.7 Å². The second kappa shape index (κ2) is 10.5. The molecular weight excluding hydrogens is 424 g/mol. The maximum Gasteiger partial charge on any atom is 0.337 e. The molecule has 2 aromatic rings. The van der Waals surface area contributed by atoms with Gasteiger partial charge in [-0.3, -0.25) is 4.79 Å². The van der Waals surface area contributed by atoms with Crippen molar-refractivity contribution in [1.29, 1.82) is 0 Å². The zero-order chi connectivity index (χ0) is 23.0. The fraction of sp³-hybridized carbons (Fsp3) is 0.190. The van der Waals surface area contributed by atoms with Crippen LogP contribution >= 0.6 is 0 Å². The number of rotatable bonds is 8. The van der Waals surface area contributed by atoms with Crippen LogP contribution in [0.2, 0.25) is 0 Å². The lowest BCUT2D eigenvalue weighted by Gasteiger charge is -2.08. The van der Waals surface area contributed by atoms with Crippen LogP contribution in [0.5, 0.6) is 0 Å². The van der Waals surface area contributed by atoms with Crippen LogP contribution in [-0.4, -0.2) is 47.0 Å². The van der Waals surface area contributed by atoms with Crippen LogP contribution in [0, 0.1) is 0 Å². The standard InChI is InChI=1S/C21H22N2O7S/c1-4-22-31(27,28)18-8-5-14(6-9-18)7-10-19(24)23-17-12-15(20(25)29-2)11-16(13-17)21(26)30-3/h5-13,22H,4H2,1-3H3,(H,23,24)/b10-7+. The molecule has 0 aliphatic heterocycles. The molecule has 2 N–H and O–H groups in total. The van der Waals surface area contributed by atoms with Crippen molar-refractivity contribution >= 4 is 39.6 Å². The van der Waals surface area contributed by atoms with E-state index >= 15 is 0 Å². The summed E-state index contributed by atoms with van der Waals surface area (Å²) in [7, 11) is -1.16. The van der Waals surface area contributed by atoms with E-state index in [9.17, 15) is 22.8 Å².